The average molecular weight is 354 g/mol. The molecule has 3 aliphatic heterocycles. The third kappa shape index (κ3) is 3.15. The minimum Gasteiger partial charge on any atom is -0.337 e. The van der Waals surface area contributed by atoms with Gasteiger partial charge >= 0.3 is 0 Å². The second-order valence-corrected chi connectivity index (χ2v) is 8.06. The first-order valence-corrected chi connectivity index (χ1v) is 9.73. The first-order chi connectivity index (χ1) is 12.5. The number of nitrogens with zero attached hydrogens (tertiary/aromatic N) is 2. The van der Waals surface area contributed by atoms with Gasteiger partial charge in [0.05, 0.1) is 5.92 Å². The molecule has 2 amide bonds. The van der Waals surface area contributed by atoms with E-state index in [2.05, 4.69) is 4.90 Å². The lowest BCUT2D eigenvalue weighted by Gasteiger charge is -2.40. The number of piperidine rings is 1. The van der Waals surface area contributed by atoms with E-state index >= 15 is 0 Å². The van der Waals surface area contributed by atoms with E-state index < -0.39 is 0 Å². The monoisotopic (exact) mass is 354 g/mol. The van der Waals surface area contributed by atoms with Gasteiger partial charge in [-0.25, -0.2) is 0 Å². The molecule has 5 heteroatoms. The SMILES string of the molecule is CC(=O)c1cccc(C(=O)N2C[C@H]3CC[C@@H](C2)N(CC2CCC2)C3=O)c1. The quantitative estimate of drug-likeness (QED) is 0.781. The molecule has 26 heavy (non-hydrogen) atoms. The standard InChI is InChI=1S/C21H26N2O3/c1-14(24)16-6-3-7-17(10-16)20(25)22-12-18-8-9-19(13-22)23(21(18)26)11-15-4-2-5-15/h3,6-7,10,15,18-19H,2,4-5,8-9,11-13H2,1H3/t18-,19+/m1/s1. The largest absolute Gasteiger partial charge is 0.337 e. The van der Waals surface area contributed by atoms with Crippen LogP contribution in [0.25, 0.3) is 0 Å². The van der Waals surface area contributed by atoms with Crippen LogP contribution in [-0.2, 0) is 4.79 Å². The summed E-state index contributed by atoms with van der Waals surface area (Å²) in [5, 5.41) is 0. The topological polar surface area (TPSA) is 57.7 Å². The summed E-state index contributed by atoms with van der Waals surface area (Å²) >= 11 is 0. The van der Waals surface area contributed by atoms with Crippen molar-refractivity contribution in [3.8, 4) is 0 Å². The van der Waals surface area contributed by atoms with Crippen LogP contribution in [0, 0.1) is 11.8 Å². The smallest absolute Gasteiger partial charge is 0.253 e. The maximum atomic E-state index is 13.0. The number of carbonyl (C=O) groups excluding carboxylic acids is 3. The second-order valence-electron chi connectivity index (χ2n) is 8.06. The predicted octanol–water partition coefficient (Wildman–Crippen LogP) is 2.75. The molecule has 0 radical (unpaired) electrons. The molecule has 1 aliphatic carbocycles. The number of Topliss-reactive ketones (excluding diaryl/α,β-unsaturated/α-hetero) is 1. The zero-order chi connectivity index (χ0) is 18.3. The first-order valence-electron chi connectivity index (χ1n) is 9.73. The molecule has 2 atom stereocenters. The van der Waals surface area contributed by atoms with E-state index in [0.717, 1.165) is 19.4 Å². The minimum absolute atomic E-state index is 0.0440. The first kappa shape index (κ1) is 17.3. The van der Waals surface area contributed by atoms with Gasteiger partial charge in [0, 0.05) is 36.8 Å². The number of rotatable bonds is 4. The van der Waals surface area contributed by atoms with Crippen LogP contribution in [0.1, 0.15) is 59.7 Å². The molecule has 1 aromatic rings. The lowest BCUT2D eigenvalue weighted by atomic mass is 9.83. The third-order valence-electron chi connectivity index (χ3n) is 6.28. The lowest BCUT2D eigenvalue weighted by molar-refractivity contribution is -0.141. The summed E-state index contributed by atoms with van der Waals surface area (Å²) < 4.78 is 0. The summed E-state index contributed by atoms with van der Waals surface area (Å²) in [7, 11) is 0. The Balaban J connectivity index is 1.53. The minimum atomic E-state index is -0.0752. The molecule has 4 fully saturated rings. The fraction of sp³-hybridized carbons (Fsp3) is 0.571. The van der Waals surface area contributed by atoms with Gasteiger partial charge < -0.3 is 9.80 Å². The van der Waals surface area contributed by atoms with Crippen LogP contribution in [0.5, 0.6) is 0 Å². The van der Waals surface area contributed by atoms with Crippen molar-refractivity contribution in [2.45, 2.75) is 45.1 Å². The van der Waals surface area contributed by atoms with Gasteiger partial charge in [0.1, 0.15) is 0 Å². The molecule has 0 N–H and O–H groups in total. The van der Waals surface area contributed by atoms with Crippen LogP contribution >= 0.6 is 0 Å². The van der Waals surface area contributed by atoms with Crippen LogP contribution in [0.3, 0.4) is 0 Å². The molecule has 3 heterocycles. The van der Waals surface area contributed by atoms with E-state index in [0.29, 0.717) is 30.1 Å². The summed E-state index contributed by atoms with van der Waals surface area (Å²) in [4.78, 5) is 41.4. The Morgan fingerprint density at radius 1 is 1.08 bits per heavy atom. The molecular formula is C21H26N2O3. The number of carbonyl (C=O) groups is 3. The maximum Gasteiger partial charge on any atom is 0.253 e. The fourth-order valence-electron chi connectivity index (χ4n) is 4.45. The molecule has 0 spiro atoms. The Kier molecular flexibility index (Phi) is 4.55. The zero-order valence-corrected chi connectivity index (χ0v) is 15.3. The number of fused-ring (bicyclic) bond motifs is 4. The summed E-state index contributed by atoms with van der Waals surface area (Å²) in [5.41, 5.74) is 1.09. The molecular weight excluding hydrogens is 328 g/mol. The highest BCUT2D eigenvalue weighted by atomic mass is 16.2. The number of hydrogen-bond acceptors (Lipinski definition) is 3. The molecule has 138 valence electrons. The number of benzene rings is 1. The van der Waals surface area contributed by atoms with E-state index in [-0.39, 0.29) is 29.6 Å². The highest BCUT2D eigenvalue weighted by Crippen LogP contribution is 2.34. The van der Waals surface area contributed by atoms with E-state index in [1.54, 1.807) is 24.3 Å². The molecule has 2 bridgehead atoms. The van der Waals surface area contributed by atoms with Crippen LogP contribution in [0.15, 0.2) is 24.3 Å². The summed E-state index contributed by atoms with van der Waals surface area (Å²) in [5.74, 6) is 0.699. The molecule has 0 unspecified atom stereocenters. The van der Waals surface area contributed by atoms with E-state index in [9.17, 15) is 14.4 Å². The van der Waals surface area contributed by atoms with Gasteiger partial charge in [-0.15, -0.1) is 0 Å². The Morgan fingerprint density at radius 3 is 2.54 bits per heavy atom. The van der Waals surface area contributed by atoms with Gasteiger partial charge in [-0.2, -0.15) is 0 Å². The summed E-state index contributed by atoms with van der Waals surface area (Å²) in [6, 6.07) is 7.06. The number of amides is 2. The van der Waals surface area contributed by atoms with Crippen molar-refractivity contribution in [1.82, 2.24) is 9.80 Å². The molecule has 1 saturated carbocycles. The zero-order valence-electron chi connectivity index (χ0n) is 15.3. The average Bonchev–Trinajstić information content (AvgIpc) is 2.89. The number of hydrogen-bond donors (Lipinski definition) is 0. The van der Waals surface area contributed by atoms with Gasteiger partial charge in [0.2, 0.25) is 5.91 Å². The summed E-state index contributed by atoms with van der Waals surface area (Å²) in [6.45, 7) is 3.48. The van der Waals surface area contributed by atoms with Crippen molar-refractivity contribution in [3.63, 3.8) is 0 Å². The van der Waals surface area contributed by atoms with Crippen molar-refractivity contribution < 1.29 is 14.4 Å². The van der Waals surface area contributed by atoms with E-state index in [1.807, 2.05) is 4.90 Å². The van der Waals surface area contributed by atoms with E-state index in [4.69, 9.17) is 0 Å². The van der Waals surface area contributed by atoms with Crippen molar-refractivity contribution in [1.29, 1.82) is 0 Å². The van der Waals surface area contributed by atoms with Gasteiger partial charge in [-0.05, 0) is 50.7 Å². The van der Waals surface area contributed by atoms with Gasteiger partial charge in [-0.3, -0.25) is 14.4 Å². The molecule has 5 nitrogen and oxygen atoms in total. The second kappa shape index (κ2) is 6.86. The highest BCUT2D eigenvalue weighted by molar-refractivity contribution is 6.00. The molecule has 0 aromatic heterocycles. The molecule has 1 aromatic carbocycles. The van der Waals surface area contributed by atoms with Crippen LogP contribution < -0.4 is 0 Å². The highest BCUT2D eigenvalue weighted by Gasteiger charge is 2.43. The molecule has 4 aliphatic rings. The Bertz CT molecular complexity index is 741. The maximum absolute atomic E-state index is 13.0. The van der Waals surface area contributed by atoms with Crippen LogP contribution in [-0.4, -0.2) is 53.1 Å². The van der Waals surface area contributed by atoms with Crippen molar-refractivity contribution in [2.24, 2.45) is 11.8 Å². The molecule has 5 rings (SSSR count). The summed E-state index contributed by atoms with van der Waals surface area (Å²) in [6.07, 6.45) is 5.59. The van der Waals surface area contributed by atoms with Crippen molar-refractivity contribution >= 4 is 17.6 Å². The van der Waals surface area contributed by atoms with Gasteiger partial charge in [-0.1, -0.05) is 18.6 Å². The van der Waals surface area contributed by atoms with E-state index in [1.165, 1.54) is 26.2 Å². The Labute approximate surface area is 154 Å². The fourth-order valence-corrected chi connectivity index (χ4v) is 4.45. The Morgan fingerprint density at radius 2 is 1.85 bits per heavy atom. The van der Waals surface area contributed by atoms with Crippen molar-refractivity contribution in [2.75, 3.05) is 19.6 Å². The van der Waals surface area contributed by atoms with Gasteiger partial charge in [0.25, 0.3) is 5.91 Å². The van der Waals surface area contributed by atoms with Gasteiger partial charge in [0.15, 0.2) is 5.78 Å². The van der Waals surface area contributed by atoms with Crippen LogP contribution in [0.4, 0.5) is 0 Å². The predicted molar refractivity (Wildman–Crippen MR) is 97.9 cm³/mol. The lowest BCUT2D eigenvalue weighted by Crippen LogP contribution is -2.50. The number of ketones is 1. The van der Waals surface area contributed by atoms with Crippen molar-refractivity contribution in [3.05, 3.63) is 35.4 Å². The Hall–Kier alpha value is -2.17. The third-order valence-corrected chi connectivity index (χ3v) is 6.28. The normalized spacial score (nSPS) is 25.8. The van der Waals surface area contributed by atoms with Crippen LogP contribution in [0.2, 0.25) is 0 Å². The molecule has 3 saturated heterocycles.